The van der Waals surface area contributed by atoms with Crippen LogP contribution in [0.2, 0.25) is 0 Å². The van der Waals surface area contributed by atoms with Crippen LogP contribution in [0.1, 0.15) is 45.1 Å². The number of carbonyl (C=O) groups is 1. The van der Waals surface area contributed by atoms with Crippen molar-refractivity contribution in [3.63, 3.8) is 0 Å². The highest BCUT2D eigenvalue weighted by Crippen LogP contribution is 2.28. The van der Waals surface area contributed by atoms with Crippen molar-refractivity contribution in [1.82, 2.24) is 4.90 Å². The van der Waals surface area contributed by atoms with Crippen LogP contribution in [-0.4, -0.2) is 36.5 Å². The second-order valence-electron chi connectivity index (χ2n) is 6.38. The van der Waals surface area contributed by atoms with Crippen LogP contribution in [0.4, 0.5) is 0 Å². The Labute approximate surface area is 133 Å². The molecule has 1 aliphatic rings. The molecule has 0 unspecified atom stereocenters. The van der Waals surface area contributed by atoms with Crippen LogP contribution in [0.5, 0.6) is 5.75 Å². The summed E-state index contributed by atoms with van der Waals surface area (Å²) >= 11 is 0. The molecule has 2 N–H and O–H groups in total. The highest BCUT2D eigenvalue weighted by Gasteiger charge is 2.31. The van der Waals surface area contributed by atoms with Crippen molar-refractivity contribution in [2.45, 2.75) is 45.6 Å². The molecule has 1 aliphatic heterocycles. The molecule has 22 heavy (non-hydrogen) atoms. The minimum absolute atomic E-state index is 0.0945. The molecule has 4 nitrogen and oxygen atoms in total. The van der Waals surface area contributed by atoms with E-state index in [9.17, 15) is 4.79 Å². The average molecular weight is 304 g/mol. The van der Waals surface area contributed by atoms with Crippen molar-refractivity contribution in [1.29, 1.82) is 0 Å². The minimum atomic E-state index is -0.406. The summed E-state index contributed by atoms with van der Waals surface area (Å²) in [6.07, 6.45) is 1.27. The number of para-hydroxylation sites is 1. The smallest absolute Gasteiger partial charge is 0.263 e. The number of hydrogen-bond donors (Lipinski definition) is 1. The van der Waals surface area contributed by atoms with Gasteiger partial charge in [-0.05, 0) is 42.9 Å². The Balaban J connectivity index is 2.08. The number of rotatable bonds is 6. The maximum atomic E-state index is 12.7. The van der Waals surface area contributed by atoms with Gasteiger partial charge in [0.05, 0.1) is 0 Å². The van der Waals surface area contributed by atoms with E-state index in [1.165, 1.54) is 0 Å². The second-order valence-corrected chi connectivity index (χ2v) is 6.38. The largest absolute Gasteiger partial charge is 0.480 e. The summed E-state index contributed by atoms with van der Waals surface area (Å²) in [6.45, 7) is 8.48. The molecule has 1 aromatic carbocycles. The van der Waals surface area contributed by atoms with E-state index in [2.05, 4.69) is 19.9 Å². The summed E-state index contributed by atoms with van der Waals surface area (Å²) in [7, 11) is 0. The SMILES string of the molecule is CC[C@@H](Oc1ccccc1C(C)C)C(=O)N1CC[C@H](CN)C1. The van der Waals surface area contributed by atoms with Gasteiger partial charge in [0.1, 0.15) is 5.75 Å². The van der Waals surface area contributed by atoms with Gasteiger partial charge in [0.15, 0.2) is 6.10 Å². The number of nitrogens with zero attached hydrogens (tertiary/aromatic N) is 1. The highest BCUT2D eigenvalue weighted by atomic mass is 16.5. The van der Waals surface area contributed by atoms with Crippen LogP contribution >= 0.6 is 0 Å². The van der Waals surface area contributed by atoms with Crippen LogP contribution < -0.4 is 10.5 Å². The average Bonchev–Trinajstić information content (AvgIpc) is 3.01. The summed E-state index contributed by atoms with van der Waals surface area (Å²) in [6, 6.07) is 7.99. The van der Waals surface area contributed by atoms with E-state index in [0.717, 1.165) is 30.8 Å². The third kappa shape index (κ3) is 3.80. The van der Waals surface area contributed by atoms with Crippen LogP contribution in [-0.2, 0) is 4.79 Å². The molecule has 0 saturated carbocycles. The van der Waals surface area contributed by atoms with Crippen LogP contribution in [0.25, 0.3) is 0 Å². The Morgan fingerprint density at radius 2 is 2.14 bits per heavy atom. The van der Waals surface area contributed by atoms with Gasteiger partial charge in [-0.2, -0.15) is 0 Å². The number of amides is 1. The summed E-state index contributed by atoms with van der Waals surface area (Å²) in [5.74, 6) is 1.73. The van der Waals surface area contributed by atoms with Gasteiger partial charge in [-0.25, -0.2) is 0 Å². The molecule has 0 spiro atoms. The van der Waals surface area contributed by atoms with Gasteiger partial charge < -0.3 is 15.4 Å². The van der Waals surface area contributed by atoms with Crippen LogP contribution in [0.15, 0.2) is 24.3 Å². The van der Waals surface area contributed by atoms with Crippen molar-refractivity contribution >= 4 is 5.91 Å². The Morgan fingerprint density at radius 1 is 1.41 bits per heavy atom. The lowest BCUT2D eigenvalue weighted by atomic mass is 10.0. The van der Waals surface area contributed by atoms with Gasteiger partial charge in [-0.15, -0.1) is 0 Å². The molecule has 0 radical (unpaired) electrons. The predicted molar refractivity (Wildman–Crippen MR) is 89.0 cm³/mol. The van der Waals surface area contributed by atoms with Gasteiger partial charge in [0.2, 0.25) is 0 Å². The number of likely N-dealkylation sites (tertiary alicyclic amines) is 1. The lowest BCUT2D eigenvalue weighted by Gasteiger charge is -2.25. The Morgan fingerprint density at radius 3 is 2.73 bits per heavy atom. The van der Waals surface area contributed by atoms with E-state index in [0.29, 0.717) is 24.8 Å². The molecular formula is C18H28N2O2. The molecule has 1 saturated heterocycles. The van der Waals surface area contributed by atoms with E-state index in [4.69, 9.17) is 10.5 Å². The molecule has 1 fully saturated rings. The summed E-state index contributed by atoms with van der Waals surface area (Å²) in [5, 5.41) is 0. The molecule has 2 atom stereocenters. The van der Waals surface area contributed by atoms with Crippen molar-refractivity contribution in [2.24, 2.45) is 11.7 Å². The third-order valence-electron chi connectivity index (χ3n) is 4.39. The van der Waals surface area contributed by atoms with Gasteiger partial charge in [0.25, 0.3) is 5.91 Å². The monoisotopic (exact) mass is 304 g/mol. The number of ether oxygens (including phenoxy) is 1. The first kappa shape index (κ1) is 16.8. The molecule has 0 aromatic heterocycles. The molecule has 0 aliphatic carbocycles. The van der Waals surface area contributed by atoms with E-state index in [-0.39, 0.29) is 5.91 Å². The summed E-state index contributed by atoms with van der Waals surface area (Å²) in [4.78, 5) is 14.6. The number of benzene rings is 1. The maximum absolute atomic E-state index is 12.7. The molecule has 4 heteroatoms. The topological polar surface area (TPSA) is 55.6 Å². The Bertz CT molecular complexity index is 502. The van der Waals surface area contributed by atoms with Gasteiger partial charge in [-0.3, -0.25) is 4.79 Å². The molecule has 1 aromatic rings. The Hall–Kier alpha value is -1.55. The van der Waals surface area contributed by atoms with E-state index < -0.39 is 6.10 Å². The van der Waals surface area contributed by atoms with E-state index in [1.54, 1.807) is 0 Å². The fourth-order valence-corrected chi connectivity index (χ4v) is 2.96. The zero-order valence-corrected chi connectivity index (χ0v) is 13.9. The molecule has 0 bridgehead atoms. The van der Waals surface area contributed by atoms with Crippen LogP contribution in [0.3, 0.4) is 0 Å². The van der Waals surface area contributed by atoms with Crippen LogP contribution in [0, 0.1) is 5.92 Å². The first-order valence-electron chi connectivity index (χ1n) is 8.31. The zero-order chi connectivity index (χ0) is 16.1. The normalized spacial score (nSPS) is 19.5. The second kappa shape index (κ2) is 7.63. The summed E-state index contributed by atoms with van der Waals surface area (Å²) in [5.41, 5.74) is 6.86. The first-order valence-corrected chi connectivity index (χ1v) is 8.31. The van der Waals surface area contributed by atoms with E-state index in [1.807, 2.05) is 30.0 Å². The molecule has 1 amide bonds. The quantitative estimate of drug-likeness (QED) is 0.879. The third-order valence-corrected chi connectivity index (χ3v) is 4.39. The fourth-order valence-electron chi connectivity index (χ4n) is 2.96. The summed E-state index contributed by atoms with van der Waals surface area (Å²) < 4.78 is 6.08. The molecular weight excluding hydrogens is 276 g/mol. The molecule has 1 heterocycles. The van der Waals surface area contributed by atoms with Crippen molar-refractivity contribution in [2.75, 3.05) is 19.6 Å². The van der Waals surface area contributed by atoms with Gasteiger partial charge >= 0.3 is 0 Å². The fraction of sp³-hybridized carbons (Fsp3) is 0.611. The molecule has 122 valence electrons. The van der Waals surface area contributed by atoms with Crippen molar-refractivity contribution in [3.8, 4) is 5.75 Å². The minimum Gasteiger partial charge on any atom is -0.480 e. The highest BCUT2D eigenvalue weighted by molar-refractivity contribution is 5.81. The van der Waals surface area contributed by atoms with Gasteiger partial charge in [-0.1, -0.05) is 39.0 Å². The number of nitrogens with two attached hydrogens (primary N) is 1. The van der Waals surface area contributed by atoms with Crippen molar-refractivity contribution < 1.29 is 9.53 Å². The number of carbonyl (C=O) groups excluding carboxylic acids is 1. The first-order chi connectivity index (χ1) is 10.6. The maximum Gasteiger partial charge on any atom is 0.263 e. The lowest BCUT2D eigenvalue weighted by Crippen LogP contribution is -2.41. The standard InChI is InChI=1S/C18H28N2O2/c1-4-16(18(21)20-10-9-14(11-19)12-20)22-17-8-6-5-7-15(17)13(2)3/h5-8,13-14,16H,4,9-12,19H2,1-3H3/t14-,16-/m1/s1. The predicted octanol–water partition coefficient (Wildman–Crippen LogP) is 2.77. The Kier molecular flexibility index (Phi) is 5.83. The number of hydrogen-bond acceptors (Lipinski definition) is 3. The zero-order valence-electron chi connectivity index (χ0n) is 13.9. The van der Waals surface area contributed by atoms with Crippen molar-refractivity contribution in [3.05, 3.63) is 29.8 Å². The van der Waals surface area contributed by atoms with Gasteiger partial charge in [0, 0.05) is 13.1 Å². The van der Waals surface area contributed by atoms with E-state index >= 15 is 0 Å². The molecule has 2 rings (SSSR count). The lowest BCUT2D eigenvalue weighted by molar-refractivity contribution is -0.137.